The zero-order valence-corrected chi connectivity index (χ0v) is 10.9. The first-order chi connectivity index (χ1) is 8.02. The number of nitrogens with zero attached hydrogens (tertiary/aromatic N) is 2. The summed E-state index contributed by atoms with van der Waals surface area (Å²) in [7, 11) is 0. The van der Waals surface area contributed by atoms with Gasteiger partial charge in [-0.15, -0.1) is 0 Å². The fourth-order valence-electron chi connectivity index (χ4n) is 1.71. The Bertz CT molecular complexity index is 478. The van der Waals surface area contributed by atoms with Crippen molar-refractivity contribution in [2.24, 2.45) is 0 Å². The third-order valence-corrected chi connectivity index (χ3v) is 3.46. The van der Waals surface area contributed by atoms with Gasteiger partial charge in [-0.1, -0.05) is 0 Å². The quantitative estimate of drug-likeness (QED) is 0.593. The summed E-state index contributed by atoms with van der Waals surface area (Å²) in [6.07, 6.45) is -0.291. The maximum absolute atomic E-state index is 11.6. The van der Waals surface area contributed by atoms with Crippen LogP contribution < -0.4 is 11.4 Å². The number of hydrogen-bond acceptors (Lipinski definition) is 6. The van der Waals surface area contributed by atoms with Crippen molar-refractivity contribution in [3.05, 3.63) is 20.3 Å². The van der Waals surface area contributed by atoms with E-state index in [2.05, 4.69) is 4.98 Å². The average Bonchev–Trinajstić information content (AvgIpc) is 2.65. The number of aliphatic hydroxyl groups excluding tert-OH is 2. The Morgan fingerprint density at radius 3 is 3.00 bits per heavy atom. The summed E-state index contributed by atoms with van der Waals surface area (Å²) >= 11 is 1.96. The summed E-state index contributed by atoms with van der Waals surface area (Å²) in [4.78, 5) is 15.3. The molecule has 1 aromatic heterocycles. The molecule has 0 radical (unpaired) electrons. The molecule has 2 heterocycles. The minimum atomic E-state index is -0.785. The Balaban J connectivity index is 2.30. The molecule has 1 aliphatic rings. The summed E-state index contributed by atoms with van der Waals surface area (Å²) < 4.78 is 7.27. The number of nitrogen functional groups attached to an aromatic ring is 1. The van der Waals surface area contributed by atoms with Crippen molar-refractivity contribution in [1.82, 2.24) is 9.55 Å². The first kappa shape index (κ1) is 12.7. The average molecular weight is 353 g/mol. The monoisotopic (exact) mass is 353 g/mol. The molecular weight excluding hydrogens is 341 g/mol. The Kier molecular flexibility index (Phi) is 3.66. The van der Waals surface area contributed by atoms with E-state index in [9.17, 15) is 9.90 Å². The third kappa shape index (κ3) is 2.44. The summed E-state index contributed by atoms with van der Waals surface area (Å²) in [6, 6.07) is 0. The molecule has 1 aliphatic heterocycles. The SMILES string of the molecule is Nc1nc(=O)n([C@H]2C[C@@H](O)[C@@H](CO)O2)cc1I. The lowest BCUT2D eigenvalue weighted by Crippen LogP contribution is -2.28. The van der Waals surface area contributed by atoms with Crippen molar-refractivity contribution in [3.8, 4) is 0 Å². The molecule has 1 aromatic rings. The van der Waals surface area contributed by atoms with Gasteiger partial charge in [0.25, 0.3) is 0 Å². The van der Waals surface area contributed by atoms with Gasteiger partial charge < -0.3 is 20.7 Å². The molecule has 4 N–H and O–H groups in total. The van der Waals surface area contributed by atoms with Crippen molar-refractivity contribution in [1.29, 1.82) is 0 Å². The molecule has 1 fully saturated rings. The number of hydrogen-bond donors (Lipinski definition) is 3. The van der Waals surface area contributed by atoms with E-state index in [4.69, 9.17) is 15.6 Å². The van der Waals surface area contributed by atoms with Crippen LogP contribution in [0.2, 0.25) is 0 Å². The van der Waals surface area contributed by atoms with Crippen LogP contribution in [0.15, 0.2) is 11.0 Å². The lowest BCUT2D eigenvalue weighted by Gasteiger charge is -2.14. The van der Waals surface area contributed by atoms with Crippen molar-refractivity contribution in [3.63, 3.8) is 0 Å². The van der Waals surface area contributed by atoms with E-state index in [0.29, 0.717) is 3.57 Å². The molecule has 2 rings (SSSR count). The summed E-state index contributed by atoms with van der Waals surface area (Å²) in [6.45, 7) is -0.286. The zero-order valence-electron chi connectivity index (χ0n) is 8.78. The highest BCUT2D eigenvalue weighted by atomic mass is 127. The molecule has 0 aliphatic carbocycles. The highest BCUT2D eigenvalue weighted by Gasteiger charge is 2.35. The number of aliphatic hydroxyl groups is 2. The molecule has 1 saturated heterocycles. The Morgan fingerprint density at radius 2 is 2.41 bits per heavy atom. The molecule has 0 amide bonds. The second kappa shape index (κ2) is 4.88. The summed E-state index contributed by atoms with van der Waals surface area (Å²) in [5.74, 6) is 0.170. The lowest BCUT2D eigenvalue weighted by molar-refractivity contribution is -0.0459. The van der Waals surface area contributed by atoms with E-state index in [1.807, 2.05) is 22.6 Å². The topological polar surface area (TPSA) is 111 Å². The van der Waals surface area contributed by atoms with E-state index in [-0.39, 0.29) is 18.8 Å². The van der Waals surface area contributed by atoms with Crippen LogP contribution in [0.3, 0.4) is 0 Å². The first-order valence-electron chi connectivity index (χ1n) is 5.01. The minimum Gasteiger partial charge on any atom is -0.394 e. The number of nitrogens with two attached hydrogens (primary N) is 1. The number of ether oxygens (including phenoxy) is 1. The minimum absolute atomic E-state index is 0.170. The summed E-state index contributed by atoms with van der Waals surface area (Å²) in [5, 5.41) is 18.5. The van der Waals surface area contributed by atoms with Gasteiger partial charge in [0.2, 0.25) is 0 Å². The van der Waals surface area contributed by atoms with Gasteiger partial charge in [0.1, 0.15) is 18.1 Å². The molecule has 0 bridgehead atoms. The van der Waals surface area contributed by atoms with Crippen LogP contribution in [0, 0.1) is 3.57 Å². The fraction of sp³-hybridized carbons (Fsp3) is 0.556. The molecule has 8 heteroatoms. The molecule has 3 atom stereocenters. The van der Waals surface area contributed by atoms with Crippen molar-refractivity contribution in [2.45, 2.75) is 24.9 Å². The molecule has 94 valence electrons. The zero-order chi connectivity index (χ0) is 12.6. The number of aromatic nitrogens is 2. The smallest absolute Gasteiger partial charge is 0.351 e. The van der Waals surface area contributed by atoms with Crippen LogP contribution in [0.4, 0.5) is 5.82 Å². The molecule has 0 aromatic carbocycles. The van der Waals surface area contributed by atoms with Gasteiger partial charge in [0.15, 0.2) is 0 Å². The molecule has 7 nitrogen and oxygen atoms in total. The van der Waals surface area contributed by atoms with Crippen molar-refractivity contribution < 1.29 is 14.9 Å². The summed E-state index contributed by atoms with van der Waals surface area (Å²) in [5.41, 5.74) is 4.98. The van der Waals surface area contributed by atoms with Gasteiger partial charge in [0.05, 0.1) is 16.3 Å². The third-order valence-electron chi connectivity index (χ3n) is 2.63. The Morgan fingerprint density at radius 1 is 1.71 bits per heavy atom. The first-order valence-corrected chi connectivity index (χ1v) is 6.09. The Labute approximate surface area is 110 Å². The van der Waals surface area contributed by atoms with Crippen molar-refractivity contribution in [2.75, 3.05) is 12.3 Å². The maximum atomic E-state index is 11.6. The number of anilines is 1. The van der Waals surface area contributed by atoms with Gasteiger partial charge in [0, 0.05) is 12.6 Å². The Hall–Kier alpha value is -0.710. The predicted molar refractivity (Wildman–Crippen MR) is 67.2 cm³/mol. The van der Waals surface area contributed by atoms with E-state index in [0.717, 1.165) is 0 Å². The highest BCUT2D eigenvalue weighted by Crippen LogP contribution is 2.27. The van der Waals surface area contributed by atoms with Gasteiger partial charge in [-0.25, -0.2) is 4.79 Å². The normalized spacial score (nSPS) is 28.5. The van der Waals surface area contributed by atoms with Gasteiger partial charge >= 0.3 is 5.69 Å². The van der Waals surface area contributed by atoms with E-state index in [1.54, 1.807) is 0 Å². The molecule has 0 unspecified atom stereocenters. The number of rotatable bonds is 2. The van der Waals surface area contributed by atoms with Crippen LogP contribution in [0.5, 0.6) is 0 Å². The molecular formula is C9H12IN3O4. The second-order valence-electron chi connectivity index (χ2n) is 3.78. The van der Waals surface area contributed by atoms with Crippen molar-refractivity contribution >= 4 is 28.4 Å². The fourth-order valence-corrected chi connectivity index (χ4v) is 2.13. The van der Waals surface area contributed by atoms with Crippen LogP contribution in [0.1, 0.15) is 12.6 Å². The lowest BCUT2D eigenvalue weighted by atomic mass is 10.2. The van der Waals surface area contributed by atoms with E-state index in [1.165, 1.54) is 10.8 Å². The van der Waals surface area contributed by atoms with Gasteiger partial charge in [-0.05, 0) is 22.6 Å². The van der Waals surface area contributed by atoms with Crippen LogP contribution in [-0.4, -0.2) is 38.6 Å². The van der Waals surface area contributed by atoms with E-state index < -0.39 is 24.1 Å². The van der Waals surface area contributed by atoms with Gasteiger partial charge in [-0.2, -0.15) is 4.98 Å². The predicted octanol–water partition coefficient (Wildman–Crippen LogP) is -0.929. The van der Waals surface area contributed by atoms with Crippen LogP contribution in [0.25, 0.3) is 0 Å². The number of halogens is 1. The van der Waals surface area contributed by atoms with Crippen LogP contribution >= 0.6 is 22.6 Å². The second-order valence-corrected chi connectivity index (χ2v) is 4.94. The molecule has 0 saturated carbocycles. The highest BCUT2D eigenvalue weighted by molar-refractivity contribution is 14.1. The largest absolute Gasteiger partial charge is 0.394 e. The molecule has 17 heavy (non-hydrogen) atoms. The maximum Gasteiger partial charge on any atom is 0.351 e. The molecule has 0 spiro atoms. The van der Waals surface area contributed by atoms with Gasteiger partial charge in [-0.3, -0.25) is 4.57 Å². The van der Waals surface area contributed by atoms with Crippen LogP contribution in [-0.2, 0) is 4.74 Å². The standard InChI is InChI=1S/C9H12IN3O4/c10-4-2-13(9(16)12-8(4)11)7-1-5(15)6(3-14)17-7/h2,5-7,14-15H,1,3H2,(H2,11,12,16)/t5-,6-,7-/m1/s1. The van der Waals surface area contributed by atoms with E-state index >= 15 is 0 Å².